The van der Waals surface area contributed by atoms with E-state index >= 15 is 0 Å². The minimum absolute atomic E-state index is 0.0463. The predicted octanol–water partition coefficient (Wildman–Crippen LogP) is 2.08. The zero-order chi connectivity index (χ0) is 14.8. The number of Topliss-reactive ketones (excluding diaryl/α,β-unsaturated/α-hetero) is 1. The predicted molar refractivity (Wildman–Crippen MR) is 74.6 cm³/mol. The molecule has 110 valence electrons. The first kappa shape index (κ1) is 13.0. The lowest BCUT2D eigenvalue weighted by Crippen LogP contribution is -2.47. The van der Waals surface area contributed by atoms with Crippen LogP contribution in [-0.2, 0) is 14.3 Å². The molecule has 21 heavy (non-hydrogen) atoms. The molecule has 0 radical (unpaired) electrons. The number of esters is 1. The summed E-state index contributed by atoms with van der Waals surface area (Å²) in [6, 6.07) is 9.23. The van der Waals surface area contributed by atoms with Crippen molar-refractivity contribution in [3.05, 3.63) is 35.9 Å². The Morgan fingerprint density at radius 3 is 2.62 bits per heavy atom. The van der Waals surface area contributed by atoms with Crippen molar-refractivity contribution in [2.45, 2.75) is 25.6 Å². The van der Waals surface area contributed by atoms with Gasteiger partial charge in [-0.05, 0) is 19.3 Å². The summed E-state index contributed by atoms with van der Waals surface area (Å²) in [5.74, 6) is -0.307. The van der Waals surface area contributed by atoms with E-state index in [4.69, 9.17) is 9.47 Å². The Morgan fingerprint density at radius 2 is 1.95 bits per heavy atom. The van der Waals surface area contributed by atoms with Crippen molar-refractivity contribution in [3.8, 4) is 0 Å². The molecule has 0 spiro atoms. The number of ketones is 1. The highest BCUT2D eigenvalue weighted by Crippen LogP contribution is 2.67. The molecule has 0 amide bonds. The molecule has 1 aliphatic heterocycles. The minimum atomic E-state index is -0.760. The molecular formula is C17H18O4. The Kier molecular flexibility index (Phi) is 2.58. The van der Waals surface area contributed by atoms with E-state index in [9.17, 15) is 9.59 Å². The maximum atomic E-state index is 13.0. The Labute approximate surface area is 123 Å². The van der Waals surface area contributed by atoms with Gasteiger partial charge in [-0.1, -0.05) is 30.3 Å². The SMILES string of the molecule is COC(=O)[C@@]1(C)C2CC(C3OC32)[C@H]1C(=O)c1ccccc1. The van der Waals surface area contributed by atoms with E-state index in [0.29, 0.717) is 5.56 Å². The molecule has 6 atom stereocenters. The van der Waals surface area contributed by atoms with Crippen LogP contribution in [-0.4, -0.2) is 31.1 Å². The van der Waals surface area contributed by atoms with Gasteiger partial charge in [0.2, 0.25) is 0 Å². The lowest BCUT2D eigenvalue weighted by atomic mass is 9.65. The van der Waals surface area contributed by atoms with Gasteiger partial charge >= 0.3 is 5.97 Å². The molecule has 1 heterocycles. The standard InChI is InChI=1S/C17H18O4/c1-17(16(19)20-2)11-8-10(14-15(11)21-14)12(17)13(18)9-6-4-3-5-7-9/h3-7,10-12,14-15H,8H2,1-2H3/t10?,11?,12-,14?,15?,17-/m0/s1. The molecule has 1 saturated heterocycles. The summed E-state index contributed by atoms with van der Waals surface area (Å²) in [5.41, 5.74) is -0.0910. The van der Waals surface area contributed by atoms with Crippen LogP contribution < -0.4 is 0 Å². The number of epoxide rings is 1. The molecule has 2 aliphatic carbocycles. The van der Waals surface area contributed by atoms with Crippen LogP contribution >= 0.6 is 0 Å². The van der Waals surface area contributed by atoms with E-state index in [2.05, 4.69) is 0 Å². The number of carbonyl (C=O) groups is 2. The molecule has 0 aromatic heterocycles. The number of hydrogen-bond acceptors (Lipinski definition) is 4. The average Bonchev–Trinajstić information content (AvgIpc) is 3.16. The maximum Gasteiger partial charge on any atom is 0.312 e. The summed E-state index contributed by atoms with van der Waals surface area (Å²) in [4.78, 5) is 25.4. The number of ether oxygens (including phenoxy) is 2. The highest BCUT2D eigenvalue weighted by Gasteiger charge is 2.75. The first-order valence-corrected chi connectivity index (χ1v) is 7.42. The number of hydrogen-bond donors (Lipinski definition) is 0. The second-order valence-electron chi connectivity index (χ2n) is 6.55. The summed E-state index contributed by atoms with van der Waals surface area (Å²) < 4.78 is 10.7. The first-order chi connectivity index (χ1) is 10.1. The van der Waals surface area contributed by atoms with Crippen molar-refractivity contribution in [2.24, 2.45) is 23.2 Å². The molecule has 4 unspecified atom stereocenters. The number of fused-ring (bicyclic) bond motifs is 5. The molecule has 4 rings (SSSR count). The summed E-state index contributed by atoms with van der Waals surface area (Å²) in [7, 11) is 1.40. The van der Waals surface area contributed by atoms with E-state index < -0.39 is 5.41 Å². The number of benzene rings is 1. The Balaban J connectivity index is 1.75. The van der Waals surface area contributed by atoms with Crippen LogP contribution in [0.25, 0.3) is 0 Å². The van der Waals surface area contributed by atoms with Gasteiger partial charge in [-0.3, -0.25) is 9.59 Å². The third-order valence-electron chi connectivity index (χ3n) is 5.72. The van der Waals surface area contributed by atoms with Crippen molar-refractivity contribution < 1.29 is 19.1 Å². The van der Waals surface area contributed by atoms with Crippen molar-refractivity contribution >= 4 is 11.8 Å². The Morgan fingerprint density at radius 1 is 1.24 bits per heavy atom. The molecule has 3 aliphatic rings. The van der Waals surface area contributed by atoms with Gasteiger partial charge < -0.3 is 9.47 Å². The molecule has 4 heteroatoms. The van der Waals surface area contributed by atoms with Crippen molar-refractivity contribution in [2.75, 3.05) is 7.11 Å². The molecule has 1 aromatic carbocycles. The van der Waals surface area contributed by atoms with Crippen LogP contribution in [0.3, 0.4) is 0 Å². The lowest BCUT2D eigenvalue weighted by molar-refractivity contribution is -0.157. The Hall–Kier alpha value is -1.68. The minimum Gasteiger partial charge on any atom is -0.469 e. The van der Waals surface area contributed by atoms with Crippen molar-refractivity contribution in [1.29, 1.82) is 0 Å². The highest BCUT2D eigenvalue weighted by molar-refractivity contribution is 6.02. The van der Waals surface area contributed by atoms with E-state index in [-0.39, 0.29) is 41.7 Å². The van der Waals surface area contributed by atoms with E-state index in [0.717, 1.165) is 6.42 Å². The van der Waals surface area contributed by atoms with Crippen molar-refractivity contribution in [3.63, 3.8) is 0 Å². The third kappa shape index (κ3) is 1.54. The van der Waals surface area contributed by atoms with E-state index in [1.807, 2.05) is 37.3 Å². The summed E-state index contributed by atoms with van der Waals surface area (Å²) in [6.45, 7) is 1.88. The van der Waals surface area contributed by atoms with Gasteiger partial charge in [0, 0.05) is 17.4 Å². The monoisotopic (exact) mass is 286 g/mol. The van der Waals surface area contributed by atoms with Crippen LogP contribution in [0, 0.1) is 23.2 Å². The molecule has 2 saturated carbocycles. The lowest BCUT2D eigenvalue weighted by Gasteiger charge is -2.35. The second kappa shape index (κ2) is 4.17. The maximum absolute atomic E-state index is 13.0. The molecule has 4 nitrogen and oxygen atoms in total. The zero-order valence-electron chi connectivity index (χ0n) is 12.1. The van der Waals surface area contributed by atoms with Crippen molar-refractivity contribution in [1.82, 2.24) is 0 Å². The number of carbonyl (C=O) groups excluding carboxylic acids is 2. The van der Waals surface area contributed by atoms with Crippen LogP contribution in [0.15, 0.2) is 30.3 Å². The van der Waals surface area contributed by atoms with E-state index in [1.165, 1.54) is 7.11 Å². The highest BCUT2D eigenvalue weighted by atomic mass is 16.6. The van der Waals surface area contributed by atoms with Crippen LogP contribution in [0.1, 0.15) is 23.7 Å². The number of methoxy groups -OCH3 is 1. The largest absolute Gasteiger partial charge is 0.469 e. The summed E-state index contributed by atoms with van der Waals surface area (Å²) >= 11 is 0. The molecule has 1 aromatic rings. The quantitative estimate of drug-likeness (QED) is 0.485. The zero-order valence-corrected chi connectivity index (χ0v) is 12.1. The van der Waals surface area contributed by atoms with Gasteiger partial charge in [-0.25, -0.2) is 0 Å². The van der Waals surface area contributed by atoms with Gasteiger partial charge in [0.15, 0.2) is 5.78 Å². The van der Waals surface area contributed by atoms with Gasteiger partial charge in [0.25, 0.3) is 0 Å². The van der Waals surface area contributed by atoms with Crippen LogP contribution in [0.4, 0.5) is 0 Å². The molecule has 2 bridgehead atoms. The normalized spacial score (nSPS) is 42.5. The van der Waals surface area contributed by atoms with Gasteiger partial charge in [0.1, 0.15) is 0 Å². The fourth-order valence-corrected chi connectivity index (χ4v) is 4.70. The summed E-state index contributed by atoms with van der Waals surface area (Å²) in [5, 5.41) is 0. The average molecular weight is 286 g/mol. The fourth-order valence-electron chi connectivity index (χ4n) is 4.70. The topological polar surface area (TPSA) is 55.9 Å². The summed E-state index contributed by atoms with van der Waals surface area (Å²) in [6.07, 6.45) is 1.22. The van der Waals surface area contributed by atoms with E-state index in [1.54, 1.807) is 0 Å². The first-order valence-electron chi connectivity index (χ1n) is 7.42. The smallest absolute Gasteiger partial charge is 0.312 e. The Bertz CT molecular complexity index is 610. The molecule has 3 fully saturated rings. The van der Waals surface area contributed by atoms with Crippen LogP contribution in [0.5, 0.6) is 0 Å². The van der Waals surface area contributed by atoms with Gasteiger partial charge in [-0.15, -0.1) is 0 Å². The molecular weight excluding hydrogens is 268 g/mol. The van der Waals surface area contributed by atoms with Gasteiger partial charge in [0.05, 0.1) is 24.7 Å². The fraction of sp³-hybridized carbons (Fsp3) is 0.529. The van der Waals surface area contributed by atoms with Gasteiger partial charge in [-0.2, -0.15) is 0 Å². The number of rotatable bonds is 3. The van der Waals surface area contributed by atoms with Crippen LogP contribution in [0.2, 0.25) is 0 Å². The third-order valence-corrected chi connectivity index (χ3v) is 5.72. The molecule has 0 N–H and O–H groups in total. The second-order valence-corrected chi connectivity index (χ2v) is 6.55.